The lowest BCUT2D eigenvalue weighted by Gasteiger charge is -2.00. The van der Waals surface area contributed by atoms with Gasteiger partial charge in [0.2, 0.25) is 0 Å². The van der Waals surface area contributed by atoms with Gasteiger partial charge in [-0.25, -0.2) is 0 Å². The number of H-pyrrole nitrogens is 3. The molecule has 5 nitrogen and oxygen atoms in total. The van der Waals surface area contributed by atoms with E-state index in [2.05, 4.69) is 15.2 Å². The number of benzene rings is 1. The SMILES string of the molecule is Cc1[nH]c2ccccc2c1-c1[nH][nH]c(=O)c1CN. The van der Waals surface area contributed by atoms with E-state index in [0.717, 1.165) is 27.9 Å². The second kappa shape index (κ2) is 3.89. The van der Waals surface area contributed by atoms with Crippen molar-refractivity contribution in [3.05, 3.63) is 45.9 Å². The highest BCUT2D eigenvalue weighted by molar-refractivity contribution is 5.97. The smallest absolute Gasteiger partial charge is 0.269 e. The predicted molar refractivity (Wildman–Crippen MR) is 71.3 cm³/mol. The maximum absolute atomic E-state index is 11.6. The first kappa shape index (κ1) is 10.9. The van der Waals surface area contributed by atoms with Gasteiger partial charge in [0.05, 0.1) is 11.3 Å². The minimum Gasteiger partial charge on any atom is -0.358 e. The summed E-state index contributed by atoms with van der Waals surface area (Å²) in [6.07, 6.45) is 0. The number of aryl methyl sites for hydroxylation is 1. The minimum atomic E-state index is -0.155. The Hall–Kier alpha value is -2.27. The summed E-state index contributed by atoms with van der Waals surface area (Å²) >= 11 is 0. The largest absolute Gasteiger partial charge is 0.358 e. The first-order chi connectivity index (χ1) is 8.72. The number of nitrogens with two attached hydrogens (primary N) is 1. The van der Waals surface area contributed by atoms with Gasteiger partial charge in [0.1, 0.15) is 0 Å². The molecule has 92 valence electrons. The van der Waals surface area contributed by atoms with Gasteiger partial charge in [0, 0.05) is 28.7 Å². The lowest BCUT2D eigenvalue weighted by Crippen LogP contribution is -2.10. The minimum absolute atomic E-state index is 0.155. The summed E-state index contributed by atoms with van der Waals surface area (Å²) in [6.45, 7) is 2.20. The Morgan fingerprint density at radius 3 is 2.78 bits per heavy atom. The lowest BCUT2D eigenvalue weighted by molar-refractivity contribution is 1.04. The van der Waals surface area contributed by atoms with Crippen molar-refractivity contribution in [3.63, 3.8) is 0 Å². The number of para-hydroxylation sites is 1. The number of aromatic amines is 3. The highest BCUT2D eigenvalue weighted by Crippen LogP contribution is 2.31. The maximum Gasteiger partial charge on any atom is 0.269 e. The molecule has 5 heteroatoms. The van der Waals surface area contributed by atoms with Crippen LogP contribution in [0.5, 0.6) is 0 Å². The Morgan fingerprint density at radius 2 is 2.00 bits per heavy atom. The number of hydrogen-bond donors (Lipinski definition) is 4. The number of rotatable bonds is 2. The summed E-state index contributed by atoms with van der Waals surface area (Å²) in [5, 5.41) is 6.60. The molecule has 0 atom stereocenters. The molecule has 0 aliphatic heterocycles. The van der Waals surface area contributed by atoms with Gasteiger partial charge in [-0.1, -0.05) is 18.2 Å². The van der Waals surface area contributed by atoms with Crippen LogP contribution in [0.2, 0.25) is 0 Å². The Kier molecular flexibility index (Phi) is 2.34. The van der Waals surface area contributed by atoms with Crippen LogP contribution in [0.4, 0.5) is 0 Å². The van der Waals surface area contributed by atoms with E-state index in [0.29, 0.717) is 5.56 Å². The molecule has 3 rings (SSSR count). The molecule has 2 heterocycles. The number of fused-ring (bicyclic) bond motifs is 1. The van der Waals surface area contributed by atoms with Gasteiger partial charge in [0.25, 0.3) is 5.56 Å². The molecule has 0 aliphatic rings. The quantitative estimate of drug-likeness (QED) is 0.550. The van der Waals surface area contributed by atoms with Crippen molar-refractivity contribution in [1.82, 2.24) is 15.2 Å². The van der Waals surface area contributed by atoms with Crippen LogP contribution in [0.3, 0.4) is 0 Å². The van der Waals surface area contributed by atoms with Gasteiger partial charge in [-0.05, 0) is 13.0 Å². The third kappa shape index (κ3) is 1.41. The summed E-state index contributed by atoms with van der Waals surface area (Å²) in [6, 6.07) is 8.00. The summed E-state index contributed by atoms with van der Waals surface area (Å²) in [5.74, 6) is 0. The maximum atomic E-state index is 11.6. The fourth-order valence-corrected chi connectivity index (χ4v) is 2.39. The molecule has 0 fully saturated rings. The van der Waals surface area contributed by atoms with Crippen LogP contribution in [-0.4, -0.2) is 15.2 Å². The summed E-state index contributed by atoms with van der Waals surface area (Å²) in [5.41, 5.74) is 9.92. The van der Waals surface area contributed by atoms with Gasteiger partial charge in [-0.2, -0.15) is 0 Å². The van der Waals surface area contributed by atoms with Crippen molar-refractivity contribution in [2.45, 2.75) is 13.5 Å². The summed E-state index contributed by atoms with van der Waals surface area (Å²) in [4.78, 5) is 14.9. The molecule has 0 saturated heterocycles. The zero-order chi connectivity index (χ0) is 12.7. The molecule has 0 unspecified atom stereocenters. The highest BCUT2D eigenvalue weighted by atomic mass is 16.1. The van der Waals surface area contributed by atoms with Crippen molar-refractivity contribution < 1.29 is 0 Å². The average Bonchev–Trinajstić information content (AvgIpc) is 2.88. The van der Waals surface area contributed by atoms with Gasteiger partial charge in [0.15, 0.2) is 0 Å². The molecule has 0 saturated carbocycles. The van der Waals surface area contributed by atoms with Crippen LogP contribution >= 0.6 is 0 Å². The van der Waals surface area contributed by atoms with E-state index in [1.807, 2.05) is 31.2 Å². The first-order valence-electron chi connectivity index (χ1n) is 5.79. The molecule has 0 aliphatic carbocycles. The van der Waals surface area contributed by atoms with Gasteiger partial charge < -0.3 is 10.7 Å². The van der Waals surface area contributed by atoms with Crippen LogP contribution in [0.25, 0.3) is 22.2 Å². The van der Waals surface area contributed by atoms with Crippen molar-refractivity contribution in [2.24, 2.45) is 5.73 Å². The van der Waals surface area contributed by atoms with E-state index in [1.54, 1.807) is 0 Å². The standard InChI is InChI=1S/C13H14N4O/c1-7-11(8-4-2-3-5-10(8)15-7)12-9(6-14)13(18)17-16-12/h2-5,15H,6,14H2,1H3,(H2,16,17,18). The molecule has 0 bridgehead atoms. The van der Waals surface area contributed by atoms with Crippen LogP contribution in [0.1, 0.15) is 11.3 Å². The first-order valence-corrected chi connectivity index (χ1v) is 5.79. The molecule has 3 aromatic rings. The van der Waals surface area contributed by atoms with Crippen molar-refractivity contribution in [3.8, 4) is 11.3 Å². The van der Waals surface area contributed by atoms with E-state index >= 15 is 0 Å². The molecule has 18 heavy (non-hydrogen) atoms. The van der Waals surface area contributed by atoms with Crippen LogP contribution < -0.4 is 11.3 Å². The fourth-order valence-electron chi connectivity index (χ4n) is 2.39. The van der Waals surface area contributed by atoms with E-state index < -0.39 is 0 Å². The molecule has 2 aromatic heterocycles. The normalized spacial score (nSPS) is 11.2. The lowest BCUT2D eigenvalue weighted by atomic mass is 10.0. The van der Waals surface area contributed by atoms with Gasteiger partial charge in [-0.3, -0.25) is 15.0 Å². The van der Waals surface area contributed by atoms with Gasteiger partial charge in [-0.15, -0.1) is 0 Å². The van der Waals surface area contributed by atoms with Gasteiger partial charge >= 0.3 is 0 Å². The molecule has 0 radical (unpaired) electrons. The van der Waals surface area contributed by atoms with Crippen molar-refractivity contribution >= 4 is 10.9 Å². The second-order valence-corrected chi connectivity index (χ2v) is 4.31. The third-order valence-corrected chi connectivity index (χ3v) is 3.22. The van der Waals surface area contributed by atoms with Crippen LogP contribution in [-0.2, 0) is 6.54 Å². The predicted octanol–water partition coefficient (Wildman–Crippen LogP) is 1.62. The molecule has 5 N–H and O–H groups in total. The van der Waals surface area contributed by atoms with Crippen LogP contribution in [0, 0.1) is 6.92 Å². The molecule has 1 aromatic carbocycles. The fraction of sp³-hybridized carbons (Fsp3) is 0.154. The van der Waals surface area contributed by atoms with Crippen molar-refractivity contribution in [1.29, 1.82) is 0 Å². The topological polar surface area (TPSA) is 90.5 Å². The van der Waals surface area contributed by atoms with E-state index in [4.69, 9.17) is 5.73 Å². The average molecular weight is 242 g/mol. The molecule has 0 amide bonds. The van der Waals surface area contributed by atoms with E-state index in [1.165, 1.54) is 0 Å². The molecule has 0 spiro atoms. The second-order valence-electron chi connectivity index (χ2n) is 4.31. The van der Waals surface area contributed by atoms with E-state index in [-0.39, 0.29) is 12.1 Å². The van der Waals surface area contributed by atoms with Crippen LogP contribution in [0.15, 0.2) is 29.1 Å². The Labute approximate surface area is 103 Å². The monoisotopic (exact) mass is 242 g/mol. The summed E-state index contributed by atoms with van der Waals surface area (Å²) < 4.78 is 0. The highest BCUT2D eigenvalue weighted by Gasteiger charge is 2.16. The van der Waals surface area contributed by atoms with E-state index in [9.17, 15) is 4.79 Å². The third-order valence-electron chi connectivity index (χ3n) is 3.22. The molecular formula is C13H14N4O. The molecular weight excluding hydrogens is 228 g/mol. The summed E-state index contributed by atoms with van der Waals surface area (Å²) in [7, 11) is 0. The Morgan fingerprint density at radius 1 is 1.22 bits per heavy atom. The Bertz CT molecular complexity index is 763. The zero-order valence-corrected chi connectivity index (χ0v) is 10.0. The number of hydrogen-bond acceptors (Lipinski definition) is 2. The van der Waals surface area contributed by atoms with Crippen molar-refractivity contribution in [2.75, 3.05) is 0 Å². The Balaban J connectivity index is 2.37. The number of nitrogens with one attached hydrogen (secondary N) is 3. The number of aromatic nitrogens is 3. The zero-order valence-electron chi connectivity index (χ0n) is 10.0.